The number of aliphatic hydroxyl groups excluding tert-OH is 1. The van der Waals surface area contributed by atoms with E-state index in [0.29, 0.717) is 38.4 Å². The van der Waals surface area contributed by atoms with Gasteiger partial charge in [-0.3, -0.25) is 9.78 Å². The van der Waals surface area contributed by atoms with E-state index in [0.717, 1.165) is 39.3 Å². The second-order valence-electron chi connectivity index (χ2n) is 16.4. The summed E-state index contributed by atoms with van der Waals surface area (Å²) >= 11 is 0. The van der Waals surface area contributed by atoms with Crippen molar-refractivity contribution in [2.75, 3.05) is 20.2 Å². The van der Waals surface area contributed by atoms with Gasteiger partial charge in [0.05, 0.1) is 37.2 Å². The second kappa shape index (κ2) is 20.1. The minimum atomic E-state index is -1.10. The number of aromatic nitrogens is 2. The average Bonchev–Trinajstić information content (AvgIpc) is 3.58. The van der Waals surface area contributed by atoms with Gasteiger partial charge in [0.15, 0.2) is 0 Å². The Labute approximate surface area is 353 Å². The molecule has 1 saturated heterocycles. The third-order valence-corrected chi connectivity index (χ3v) is 10.6. The molecule has 2 aromatic heterocycles. The maximum absolute atomic E-state index is 14.6. The third-order valence-electron chi connectivity index (χ3n) is 10.6. The molecule has 3 aromatic carbocycles. The first-order chi connectivity index (χ1) is 28.9. The zero-order chi connectivity index (χ0) is 42.6. The minimum absolute atomic E-state index is 0.0826. The van der Waals surface area contributed by atoms with Crippen LogP contribution in [0, 0.1) is 12.3 Å². The van der Waals surface area contributed by atoms with Gasteiger partial charge in [0.25, 0.3) is 0 Å². The number of amides is 4. The van der Waals surface area contributed by atoms with E-state index in [4.69, 9.17) is 9.47 Å². The van der Waals surface area contributed by atoms with E-state index in [1.807, 2.05) is 143 Å². The van der Waals surface area contributed by atoms with Crippen molar-refractivity contribution in [3.8, 4) is 17.1 Å². The molecule has 3 heterocycles. The first-order valence-corrected chi connectivity index (χ1v) is 20.4. The molecule has 12 heteroatoms. The lowest BCUT2D eigenvalue weighted by atomic mass is 9.84. The Hall–Kier alpha value is -6.27. The molecule has 3 N–H and O–H groups in total. The van der Waals surface area contributed by atoms with Gasteiger partial charge in [0.1, 0.15) is 12.6 Å². The number of pyridine rings is 2. The van der Waals surface area contributed by atoms with E-state index < -0.39 is 35.7 Å². The molecule has 0 aliphatic carbocycles. The van der Waals surface area contributed by atoms with Gasteiger partial charge in [0, 0.05) is 36.5 Å². The number of aliphatic hydroxyl groups is 1. The molecule has 314 valence electrons. The summed E-state index contributed by atoms with van der Waals surface area (Å²) in [5, 5.41) is 18.3. The van der Waals surface area contributed by atoms with Gasteiger partial charge in [-0.05, 0) is 66.5 Å². The molecule has 0 bridgehead atoms. The first-order valence-electron chi connectivity index (χ1n) is 20.4. The highest BCUT2D eigenvalue weighted by atomic mass is 16.5. The van der Waals surface area contributed by atoms with Gasteiger partial charge >= 0.3 is 12.1 Å². The Bertz CT molecular complexity index is 2180. The number of nitrogens with one attached hydrogen (secondary N) is 2. The normalized spacial score (nSPS) is 14.9. The molecule has 0 unspecified atom stereocenters. The second-order valence-corrected chi connectivity index (χ2v) is 16.4. The van der Waals surface area contributed by atoms with Gasteiger partial charge in [-0.1, -0.05) is 118 Å². The van der Waals surface area contributed by atoms with E-state index in [-0.39, 0.29) is 25.0 Å². The summed E-state index contributed by atoms with van der Waals surface area (Å²) in [6.45, 7) is 8.98. The predicted molar refractivity (Wildman–Crippen MR) is 231 cm³/mol. The zero-order valence-corrected chi connectivity index (χ0v) is 35.1. The van der Waals surface area contributed by atoms with Gasteiger partial charge in [-0.25, -0.2) is 14.6 Å². The number of benzene rings is 3. The molecule has 0 saturated carbocycles. The molecule has 1 aliphatic heterocycles. The maximum atomic E-state index is 14.6. The minimum Gasteiger partial charge on any atom is -0.481 e. The highest BCUT2D eigenvalue weighted by Gasteiger charge is 2.44. The van der Waals surface area contributed by atoms with Gasteiger partial charge in [-0.15, -0.1) is 0 Å². The average molecular weight is 813 g/mol. The van der Waals surface area contributed by atoms with Crippen molar-refractivity contribution in [1.29, 1.82) is 0 Å². The van der Waals surface area contributed by atoms with Gasteiger partial charge in [0.2, 0.25) is 11.8 Å². The molecule has 1 fully saturated rings. The fourth-order valence-corrected chi connectivity index (χ4v) is 7.65. The largest absolute Gasteiger partial charge is 0.481 e. The molecule has 0 spiro atoms. The number of carbonyl (C=O) groups excluding carboxylic acids is 3. The van der Waals surface area contributed by atoms with Crippen LogP contribution in [0.2, 0.25) is 0 Å². The number of hydrogen-bond donors (Lipinski definition) is 3. The number of aryl methyl sites for hydroxylation is 1. The van der Waals surface area contributed by atoms with E-state index in [1.165, 1.54) is 0 Å². The van der Waals surface area contributed by atoms with Gasteiger partial charge in [-0.2, -0.15) is 0 Å². The molecular formula is C48H56N6O6. The van der Waals surface area contributed by atoms with Crippen molar-refractivity contribution in [3.63, 3.8) is 0 Å². The van der Waals surface area contributed by atoms with Crippen molar-refractivity contribution in [3.05, 3.63) is 149 Å². The van der Waals surface area contributed by atoms with Crippen molar-refractivity contribution in [2.45, 2.75) is 84.3 Å². The van der Waals surface area contributed by atoms with E-state index in [2.05, 4.69) is 20.6 Å². The van der Waals surface area contributed by atoms with Crippen LogP contribution in [0.1, 0.15) is 55.3 Å². The summed E-state index contributed by atoms with van der Waals surface area (Å²) in [7, 11) is 1.58. The maximum Gasteiger partial charge on any atom is 0.407 e. The van der Waals surface area contributed by atoms with Crippen LogP contribution < -0.4 is 15.4 Å². The fraction of sp³-hybridized carbons (Fsp3) is 0.354. The summed E-state index contributed by atoms with van der Waals surface area (Å²) in [6, 6.07) is 35.8. The number of rotatable bonds is 17. The third kappa shape index (κ3) is 11.9. The van der Waals surface area contributed by atoms with Crippen LogP contribution in [0.25, 0.3) is 11.3 Å². The van der Waals surface area contributed by atoms with Crippen LogP contribution in [-0.4, -0.2) is 87.3 Å². The molecule has 0 radical (unpaired) electrons. The van der Waals surface area contributed by atoms with Crippen LogP contribution >= 0.6 is 0 Å². The highest BCUT2D eigenvalue weighted by Crippen LogP contribution is 2.29. The van der Waals surface area contributed by atoms with E-state index in [9.17, 15) is 19.5 Å². The first kappa shape index (κ1) is 43.3. The summed E-state index contributed by atoms with van der Waals surface area (Å²) in [5.74, 6) is 0.152. The van der Waals surface area contributed by atoms with E-state index >= 15 is 0 Å². The molecule has 4 amide bonds. The number of alkyl carbamates (subject to hydrolysis) is 1. The zero-order valence-electron chi connectivity index (χ0n) is 35.1. The molecule has 60 heavy (non-hydrogen) atoms. The highest BCUT2D eigenvalue weighted by molar-refractivity contribution is 5.89. The van der Waals surface area contributed by atoms with Crippen molar-refractivity contribution < 1.29 is 29.0 Å². The lowest BCUT2D eigenvalue weighted by Crippen LogP contribution is -2.58. The Morgan fingerprint density at radius 1 is 0.783 bits per heavy atom. The van der Waals surface area contributed by atoms with Crippen molar-refractivity contribution >= 4 is 18.0 Å². The van der Waals surface area contributed by atoms with Crippen LogP contribution in [0.4, 0.5) is 9.59 Å². The SMILES string of the molecule is COc1cccc(-c2ccc(C[C@@H](C[C@H](O)[C@H](Cc3ccccc3)NC(=O)[C@@H](N3CCN(Cc4cccc(C)n4)C3=O)C(C)(C)C)NC(=O)OCc3ccccc3)cc2)n1. The number of ether oxygens (including phenoxy) is 2. The summed E-state index contributed by atoms with van der Waals surface area (Å²) in [5.41, 5.74) is 5.34. The molecule has 5 aromatic rings. The summed E-state index contributed by atoms with van der Waals surface area (Å²) < 4.78 is 10.9. The molecule has 12 nitrogen and oxygen atoms in total. The number of hydrogen-bond acceptors (Lipinski definition) is 8. The number of carbonyl (C=O) groups is 3. The fourth-order valence-electron chi connectivity index (χ4n) is 7.65. The van der Waals surface area contributed by atoms with Crippen molar-refractivity contribution in [1.82, 2.24) is 30.4 Å². The lowest BCUT2D eigenvalue weighted by Gasteiger charge is -2.38. The predicted octanol–water partition coefficient (Wildman–Crippen LogP) is 7.13. The number of methoxy groups -OCH3 is 1. The summed E-state index contributed by atoms with van der Waals surface area (Å²) in [6.07, 6.45) is -0.946. The molecule has 1 aliphatic rings. The van der Waals surface area contributed by atoms with Gasteiger partial charge < -0.3 is 35.0 Å². The monoisotopic (exact) mass is 812 g/mol. The molecule has 6 rings (SSSR count). The van der Waals surface area contributed by atoms with Crippen LogP contribution in [0.3, 0.4) is 0 Å². The Morgan fingerprint density at radius 3 is 2.12 bits per heavy atom. The van der Waals surface area contributed by atoms with Crippen molar-refractivity contribution in [2.24, 2.45) is 5.41 Å². The Kier molecular flexibility index (Phi) is 14.5. The van der Waals surface area contributed by atoms with Crippen LogP contribution in [0.15, 0.2) is 121 Å². The lowest BCUT2D eigenvalue weighted by molar-refractivity contribution is -0.130. The molecule has 4 atom stereocenters. The number of urea groups is 1. The number of nitrogens with zero attached hydrogens (tertiary/aromatic N) is 4. The van der Waals surface area contributed by atoms with Crippen LogP contribution in [0.5, 0.6) is 5.88 Å². The summed E-state index contributed by atoms with van der Waals surface area (Å²) in [4.78, 5) is 54.3. The topological polar surface area (TPSA) is 146 Å². The Balaban J connectivity index is 1.22. The smallest absolute Gasteiger partial charge is 0.407 e. The standard InChI is InChI=1S/C48H56N6O6/c1-33-14-12-19-38(49-33)31-53-26-27-54(47(53)58)44(48(2,3)4)45(56)52-41(29-34-15-8-6-9-16-34)42(55)30-39(50-46(57)60-32-36-17-10-7-11-18-36)28-35-22-24-37(25-23-35)40-20-13-21-43(51-40)59-5/h6-25,39,41-42,44,55H,26-32H2,1-5H3,(H,50,57)(H,52,56)/t39-,41-,42-,44+/m0/s1. The quantitative estimate of drug-likeness (QED) is 0.0900. The van der Waals surface area contributed by atoms with Crippen LogP contribution in [-0.2, 0) is 35.5 Å². The van der Waals surface area contributed by atoms with E-state index in [1.54, 1.807) is 23.0 Å². The molecular weight excluding hydrogens is 757 g/mol. The Morgan fingerprint density at radius 2 is 1.45 bits per heavy atom.